The Bertz CT molecular complexity index is 1170. The van der Waals surface area contributed by atoms with Crippen molar-refractivity contribution in [2.75, 3.05) is 21.3 Å². The van der Waals surface area contributed by atoms with Gasteiger partial charge in [-0.15, -0.1) is 0 Å². The Morgan fingerprint density at radius 1 is 0.784 bits per heavy atom. The van der Waals surface area contributed by atoms with E-state index in [4.69, 9.17) is 14.2 Å². The molecule has 2 aromatic rings. The third-order valence-electron chi connectivity index (χ3n) is 6.10. The van der Waals surface area contributed by atoms with Crippen LogP contribution in [0.25, 0.3) is 6.08 Å². The predicted octanol–water partition coefficient (Wildman–Crippen LogP) is 8.35. The van der Waals surface area contributed by atoms with Gasteiger partial charge in [-0.1, -0.05) is 53.2 Å². The smallest absolute Gasteiger partial charge is 0.189 e. The summed E-state index contributed by atoms with van der Waals surface area (Å²) in [7, 11) is 4.93. The second kappa shape index (κ2) is 14.9. The van der Waals surface area contributed by atoms with E-state index in [0.717, 1.165) is 41.0 Å². The molecule has 0 aliphatic heterocycles. The van der Waals surface area contributed by atoms with Crippen molar-refractivity contribution in [3.8, 4) is 17.2 Å². The molecule has 0 saturated carbocycles. The third-order valence-corrected chi connectivity index (χ3v) is 6.10. The van der Waals surface area contributed by atoms with Gasteiger partial charge in [-0.25, -0.2) is 0 Å². The predicted molar refractivity (Wildman–Crippen MR) is 155 cm³/mol. The SMILES string of the molecule is COc1ccc(/C=C/C(=O)c2cc(CC=C(C)C)c(OC)c(C/C=C(/C)CCC=C(C)C)c2OC)cc1. The molecule has 0 spiro atoms. The van der Waals surface area contributed by atoms with Crippen molar-refractivity contribution in [2.24, 2.45) is 0 Å². The van der Waals surface area contributed by atoms with Gasteiger partial charge in [-0.2, -0.15) is 0 Å². The van der Waals surface area contributed by atoms with E-state index in [9.17, 15) is 4.79 Å². The molecule has 0 radical (unpaired) electrons. The van der Waals surface area contributed by atoms with Gasteiger partial charge < -0.3 is 14.2 Å². The zero-order valence-electron chi connectivity index (χ0n) is 23.7. The molecule has 0 aliphatic carbocycles. The first kappa shape index (κ1) is 29.7. The van der Waals surface area contributed by atoms with Crippen molar-refractivity contribution >= 4 is 11.9 Å². The summed E-state index contributed by atoms with van der Waals surface area (Å²) in [5, 5.41) is 0. The van der Waals surface area contributed by atoms with Gasteiger partial charge in [0, 0.05) is 5.56 Å². The maximum atomic E-state index is 13.4. The summed E-state index contributed by atoms with van der Waals surface area (Å²) in [5.74, 6) is 2.01. The van der Waals surface area contributed by atoms with Crippen LogP contribution in [-0.4, -0.2) is 27.1 Å². The van der Waals surface area contributed by atoms with E-state index in [1.54, 1.807) is 27.4 Å². The molecule has 0 aliphatic rings. The Labute approximate surface area is 223 Å². The second-order valence-electron chi connectivity index (χ2n) is 9.66. The Morgan fingerprint density at radius 2 is 1.43 bits per heavy atom. The molecule has 2 aromatic carbocycles. The van der Waals surface area contributed by atoms with Crippen molar-refractivity contribution in [3.05, 3.63) is 93.6 Å². The lowest BCUT2D eigenvalue weighted by Crippen LogP contribution is -2.07. The molecule has 0 amide bonds. The molecule has 0 bridgehead atoms. The van der Waals surface area contributed by atoms with E-state index < -0.39 is 0 Å². The van der Waals surface area contributed by atoms with Crippen LogP contribution in [0.4, 0.5) is 0 Å². The summed E-state index contributed by atoms with van der Waals surface area (Å²) in [4.78, 5) is 13.4. The summed E-state index contributed by atoms with van der Waals surface area (Å²) < 4.78 is 17.0. The summed E-state index contributed by atoms with van der Waals surface area (Å²) >= 11 is 0. The number of carbonyl (C=O) groups excluding carboxylic acids is 1. The summed E-state index contributed by atoms with van der Waals surface area (Å²) in [6.07, 6.45) is 13.3. The third kappa shape index (κ3) is 9.13. The Morgan fingerprint density at radius 3 is 2.00 bits per heavy atom. The summed E-state index contributed by atoms with van der Waals surface area (Å²) in [5.41, 5.74) is 7.15. The van der Waals surface area contributed by atoms with Crippen molar-refractivity contribution in [3.63, 3.8) is 0 Å². The number of hydrogen-bond acceptors (Lipinski definition) is 4. The van der Waals surface area contributed by atoms with Crippen LogP contribution < -0.4 is 14.2 Å². The van der Waals surface area contributed by atoms with E-state index >= 15 is 0 Å². The standard InChI is InChI=1S/C33H42O4/c1-23(2)10-9-11-25(5)13-20-29-32(36-7)27(17-12-24(3)4)22-30(33(29)37-8)31(34)21-16-26-14-18-28(35-6)19-15-26/h10,12-16,18-19,21-22H,9,11,17,20H2,1-8H3/b21-16+,25-13-. The monoisotopic (exact) mass is 502 g/mol. The minimum atomic E-state index is -0.112. The number of ether oxygens (including phenoxy) is 3. The number of hydrogen-bond donors (Lipinski definition) is 0. The van der Waals surface area contributed by atoms with Gasteiger partial charge in [0.05, 0.1) is 26.9 Å². The average Bonchev–Trinajstić information content (AvgIpc) is 2.88. The fourth-order valence-corrected chi connectivity index (χ4v) is 4.03. The Balaban J connectivity index is 2.52. The van der Waals surface area contributed by atoms with Crippen LogP contribution >= 0.6 is 0 Å². The first-order valence-corrected chi connectivity index (χ1v) is 12.8. The van der Waals surface area contributed by atoms with Crippen molar-refractivity contribution < 1.29 is 19.0 Å². The average molecular weight is 503 g/mol. The first-order valence-electron chi connectivity index (χ1n) is 12.8. The molecule has 2 rings (SSSR count). The molecular formula is C33H42O4. The highest BCUT2D eigenvalue weighted by atomic mass is 16.5. The second-order valence-corrected chi connectivity index (χ2v) is 9.66. The van der Waals surface area contributed by atoms with Gasteiger partial charge in [-0.3, -0.25) is 4.79 Å². The molecule has 198 valence electrons. The van der Waals surface area contributed by atoms with Crippen LogP contribution in [0.3, 0.4) is 0 Å². The maximum absolute atomic E-state index is 13.4. The number of carbonyl (C=O) groups is 1. The Kier molecular flexibility index (Phi) is 12.0. The number of methoxy groups -OCH3 is 3. The van der Waals surface area contributed by atoms with E-state index in [2.05, 4.69) is 52.8 Å². The van der Waals surface area contributed by atoms with Crippen molar-refractivity contribution in [1.29, 1.82) is 0 Å². The lowest BCUT2D eigenvalue weighted by molar-refractivity contribution is 0.104. The molecule has 37 heavy (non-hydrogen) atoms. The van der Waals surface area contributed by atoms with E-state index in [1.165, 1.54) is 16.7 Å². The minimum absolute atomic E-state index is 0.112. The lowest BCUT2D eigenvalue weighted by Gasteiger charge is -2.19. The highest BCUT2D eigenvalue weighted by Gasteiger charge is 2.22. The van der Waals surface area contributed by atoms with Gasteiger partial charge in [0.1, 0.15) is 17.2 Å². The molecule has 4 heteroatoms. The van der Waals surface area contributed by atoms with Gasteiger partial charge in [-0.05, 0) is 95.7 Å². The number of rotatable bonds is 13. The lowest BCUT2D eigenvalue weighted by atomic mass is 9.94. The van der Waals surface area contributed by atoms with Gasteiger partial charge in [0.2, 0.25) is 0 Å². The molecule has 0 atom stereocenters. The zero-order chi connectivity index (χ0) is 27.4. The molecule has 0 N–H and O–H groups in total. The molecule has 0 fully saturated rings. The normalized spacial score (nSPS) is 11.3. The van der Waals surface area contributed by atoms with E-state index in [1.807, 2.05) is 36.4 Å². The molecule has 0 heterocycles. The van der Waals surface area contributed by atoms with Crippen LogP contribution in [0.1, 0.15) is 74.5 Å². The highest BCUT2D eigenvalue weighted by molar-refractivity contribution is 6.09. The largest absolute Gasteiger partial charge is 0.497 e. The molecule has 4 nitrogen and oxygen atoms in total. The minimum Gasteiger partial charge on any atom is -0.497 e. The van der Waals surface area contributed by atoms with Gasteiger partial charge >= 0.3 is 0 Å². The fourth-order valence-electron chi connectivity index (χ4n) is 4.03. The topological polar surface area (TPSA) is 44.8 Å². The van der Waals surface area contributed by atoms with Gasteiger partial charge in [0.25, 0.3) is 0 Å². The van der Waals surface area contributed by atoms with Crippen LogP contribution in [0.5, 0.6) is 17.2 Å². The maximum Gasteiger partial charge on any atom is 0.189 e. The molecular weight excluding hydrogens is 460 g/mol. The highest BCUT2D eigenvalue weighted by Crippen LogP contribution is 2.38. The van der Waals surface area contributed by atoms with Crippen molar-refractivity contribution in [2.45, 2.75) is 60.3 Å². The van der Waals surface area contributed by atoms with Crippen molar-refractivity contribution in [1.82, 2.24) is 0 Å². The molecule has 0 saturated heterocycles. The van der Waals surface area contributed by atoms with E-state index in [0.29, 0.717) is 24.2 Å². The van der Waals surface area contributed by atoms with Gasteiger partial charge in [0.15, 0.2) is 5.78 Å². The van der Waals surface area contributed by atoms with Crippen LogP contribution in [0, 0.1) is 0 Å². The van der Waals surface area contributed by atoms with E-state index in [-0.39, 0.29) is 5.78 Å². The zero-order valence-corrected chi connectivity index (χ0v) is 23.7. The van der Waals surface area contributed by atoms with Crippen LogP contribution in [-0.2, 0) is 12.8 Å². The first-order chi connectivity index (χ1) is 17.7. The van der Waals surface area contributed by atoms with Crippen LogP contribution in [0.2, 0.25) is 0 Å². The number of ketones is 1. The Hall–Kier alpha value is -3.53. The summed E-state index contributed by atoms with van der Waals surface area (Å²) in [6, 6.07) is 9.50. The number of allylic oxidation sites excluding steroid dienone is 7. The quantitative estimate of drug-likeness (QED) is 0.157. The fraction of sp³-hybridized carbons (Fsp3) is 0.364. The van der Waals surface area contributed by atoms with Crippen LogP contribution in [0.15, 0.2) is 71.4 Å². The molecule has 0 unspecified atom stereocenters. The number of benzene rings is 2. The summed E-state index contributed by atoms with van der Waals surface area (Å²) in [6.45, 7) is 10.5. The molecule has 0 aromatic heterocycles.